The van der Waals surface area contributed by atoms with E-state index in [1.54, 1.807) is 7.11 Å². The van der Waals surface area contributed by atoms with Crippen LogP contribution in [-0.2, 0) is 4.74 Å². The van der Waals surface area contributed by atoms with E-state index in [2.05, 4.69) is 15.3 Å². The van der Waals surface area contributed by atoms with Gasteiger partial charge in [0.15, 0.2) is 0 Å². The van der Waals surface area contributed by atoms with E-state index in [-0.39, 0.29) is 22.6 Å². The van der Waals surface area contributed by atoms with Gasteiger partial charge in [0.25, 0.3) is 11.5 Å². The second-order valence-electron chi connectivity index (χ2n) is 6.97. The average molecular weight is 319 g/mol. The highest BCUT2D eigenvalue weighted by Crippen LogP contribution is 2.37. The fraction of sp³-hybridized carbons (Fsp3) is 0.706. The van der Waals surface area contributed by atoms with Crippen LogP contribution in [0.1, 0.15) is 67.2 Å². The van der Waals surface area contributed by atoms with Gasteiger partial charge in [-0.3, -0.25) is 9.59 Å². The van der Waals surface area contributed by atoms with Gasteiger partial charge in [0.1, 0.15) is 11.5 Å². The smallest absolute Gasteiger partial charge is 0.270 e. The number of nitrogens with zero attached hydrogens (tertiary/aromatic N) is 1. The Morgan fingerprint density at radius 1 is 1.39 bits per heavy atom. The molecule has 2 aliphatic carbocycles. The summed E-state index contributed by atoms with van der Waals surface area (Å²) in [5.41, 5.74) is -0.0150. The highest BCUT2D eigenvalue weighted by Gasteiger charge is 2.33. The van der Waals surface area contributed by atoms with Gasteiger partial charge in [-0.05, 0) is 25.7 Å². The SMILES string of the molecule is COCC1(CNC(=O)c2cc(=O)[nH]c(C3CC3)n2)CCCCC1. The Morgan fingerprint density at radius 2 is 2.13 bits per heavy atom. The van der Waals surface area contributed by atoms with Crippen LogP contribution >= 0.6 is 0 Å². The molecule has 6 nitrogen and oxygen atoms in total. The van der Waals surface area contributed by atoms with E-state index in [1.807, 2.05) is 0 Å². The number of hydrogen-bond donors (Lipinski definition) is 2. The molecule has 0 saturated heterocycles. The summed E-state index contributed by atoms with van der Waals surface area (Å²) in [4.78, 5) is 31.2. The minimum Gasteiger partial charge on any atom is -0.384 e. The molecule has 0 radical (unpaired) electrons. The Morgan fingerprint density at radius 3 is 2.78 bits per heavy atom. The molecule has 0 unspecified atom stereocenters. The van der Waals surface area contributed by atoms with Crippen LogP contribution in [0.25, 0.3) is 0 Å². The maximum Gasteiger partial charge on any atom is 0.270 e. The summed E-state index contributed by atoms with van der Waals surface area (Å²) < 4.78 is 5.38. The lowest BCUT2D eigenvalue weighted by atomic mass is 9.74. The van der Waals surface area contributed by atoms with E-state index < -0.39 is 0 Å². The van der Waals surface area contributed by atoms with Crippen molar-refractivity contribution in [3.8, 4) is 0 Å². The molecule has 2 saturated carbocycles. The number of carbonyl (C=O) groups excluding carboxylic acids is 1. The summed E-state index contributed by atoms with van der Waals surface area (Å²) >= 11 is 0. The van der Waals surface area contributed by atoms with Crippen LogP contribution in [0.2, 0.25) is 0 Å². The van der Waals surface area contributed by atoms with Crippen molar-refractivity contribution in [3.63, 3.8) is 0 Å². The molecule has 2 N–H and O–H groups in total. The zero-order chi connectivity index (χ0) is 16.3. The molecule has 0 spiro atoms. The van der Waals surface area contributed by atoms with Crippen molar-refractivity contribution in [2.45, 2.75) is 50.9 Å². The van der Waals surface area contributed by atoms with Gasteiger partial charge in [-0.1, -0.05) is 19.3 Å². The molecule has 0 bridgehead atoms. The molecular formula is C17H25N3O3. The lowest BCUT2D eigenvalue weighted by molar-refractivity contribution is 0.0464. The Hall–Kier alpha value is -1.69. The van der Waals surface area contributed by atoms with Crippen molar-refractivity contribution >= 4 is 5.91 Å². The monoisotopic (exact) mass is 319 g/mol. The van der Waals surface area contributed by atoms with Crippen LogP contribution < -0.4 is 10.9 Å². The summed E-state index contributed by atoms with van der Waals surface area (Å²) in [6.45, 7) is 1.23. The van der Waals surface area contributed by atoms with E-state index in [1.165, 1.54) is 25.3 Å². The Labute approximate surface area is 136 Å². The Kier molecular flexibility index (Phi) is 4.80. The summed E-state index contributed by atoms with van der Waals surface area (Å²) in [6.07, 6.45) is 7.80. The first-order valence-corrected chi connectivity index (χ1v) is 8.50. The minimum absolute atomic E-state index is 0.0170. The van der Waals surface area contributed by atoms with Crippen molar-refractivity contribution in [2.24, 2.45) is 5.41 Å². The fourth-order valence-corrected chi connectivity index (χ4v) is 3.48. The zero-order valence-corrected chi connectivity index (χ0v) is 13.7. The first kappa shape index (κ1) is 16.2. The summed E-state index contributed by atoms with van der Waals surface area (Å²) in [5, 5.41) is 2.97. The van der Waals surface area contributed by atoms with Crippen LogP contribution in [0.3, 0.4) is 0 Å². The third-order valence-electron chi connectivity index (χ3n) is 4.95. The van der Waals surface area contributed by atoms with Crippen LogP contribution in [0.15, 0.2) is 10.9 Å². The number of aromatic nitrogens is 2. The summed E-state index contributed by atoms with van der Waals surface area (Å²) in [7, 11) is 1.71. The van der Waals surface area contributed by atoms with E-state index in [4.69, 9.17) is 4.74 Å². The Bertz CT molecular complexity index is 610. The maximum absolute atomic E-state index is 12.4. The van der Waals surface area contributed by atoms with Crippen LogP contribution in [0, 0.1) is 5.41 Å². The molecule has 0 aromatic carbocycles. The number of rotatable bonds is 6. The van der Waals surface area contributed by atoms with Gasteiger partial charge in [-0.15, -0.1) is 0 Å². The van der Waals surface area contributed by atoms with E-state index in [0.717, 1.165) is 25.7 Å². The largest absolute Gasteiger partial charge is 0.384 e. The van der Waals surface area contributed by atoms with Crippen molar-refractivity contribution in [1.82, 2.24) is 15.3 Å². The van der Waals surface area contributed by atoms with Gasteiger partial charge in [0.2, 0.25) is 0 Å². The number of carbonyl (C=O) groups is 1. The zero-order valence-electron chi connectivity index (χ0n) is 13.7. The molecule has 2 fully saturated rings. The van der Waals surface area contributed by atoms with E-state index in [9.17, 15) is 9.59 Å². The van der Waals surface area contributed by atoms with E-state index >= 15 is 0 Å². The molecule has 1 aromatic heterocycles. The number of nitrogens with one attached hydrogen (secondary N) is 2. The number of ether oxygens (including phenoxy) is 1. The maximum atomic E-state index is 12.4. The predicted molar refractivity (Wildman–Crippen MR) is 86.6 cm³/mol. The normalized spacial score (nSPS) is 20.2. The second-order valence-corrected chi connectivity index (χ2v) is 6.97. The first-order chi connectivity index (χ1) is 11.1. The lowest BCUT2D eigenvalue weighted by Gasteiger charge is -2.36. The summed E-state index contributed by atoms with van der Waals surface area (Å²) in [6, 6.07) is 1.28. The topological polar surface area (TPSA) is 84.1 Å². The molecule has 0 aliphatic heterocycles. The first-order valence-electron chi connectivity index (χ1n) is 8.50. The van der Waals surface area contributed by atoms with Crippen LogP contribution in [0.4, 0.5) is 0 Å². The van der Waals surface area contributed by atoms with Gasteiger partial charge >= 0.3 is 0 Å². The molecular weight excluding hydrogens is 294 g/mol. The number of aromatic amines is 1. The molecule has 6 heteroatoms. The molecule has 126 valence electrons. The van der Waals surface area contributed by atoms with Crippen LogP contribution in [0.5, 0.6) is 0 Å². The van der Waals surface area contributed by atoms with Gasteiger partial charge in [0.05, 0.1) is 6.61 Å². The van der Waals surface area contributed by atoms with Crippen LogP contribution in [-0.4, -0.2) is 36.1 Å². The molecule has 3 rings (SSSR count). The van der Waals surface area contributed by atoms with Crippen molar-refractivity contribution in [2.75, 3.05) is 20.3 Å². The van der Waals surface area contributed by atoms with Crippen molar-refractivity contribution in [3.05, 3.63) is 27.9 Å². The Balaban J connectivity index is 1.67. The second kappa shape index (κ2) is 6.83. The number of amides is 1. The lowest BCUT2D eigenvalue weighted by Crippen LogP contribution is -2.42. The molecule has 1 amide bonds. The molecule has 1 heterocycles. The van der Waals surface area contributed by atoms with Gasteiger partial charge in [-0.2, -0.15) is 0 Å². The highest BCUT2D eigenvalue weighted by atomic mass is 16.5. The van der Waals surface area contributed by atoms with E-state index in [0.29, 0.717) is 24.9 Å². The predicted octanol–water partition coefficient (Wildman–Crippen LogP) is 1.97. The van der Waals surface area contributed by atoms with Gasteiger partial charge in [0, 0.05) is 31.1 Å². The number of hydrogen-bond acceptors (Lipinski definition) is 4. The number of methoxy groups -OCH3 is 1. The highest BCUT2D eigenvalue weighted by molar-refractivity contribution is 5.92. The quantitative estimate of drug-likeness (QED) is 0.839. The summed E-state index contributed by atoms with van der Waals surface area (Å²) in [5.74, 6) is 0.694. The third kappa shape index (κ3) is 3.99. The van der Waals surface area contributed by atoms with Gasteiger partial charge < -0.3 is 15.0 Å². The number of H-pyrrole nitrogens is 1. The molecule has 23 heavy (non-hydrogen) atoms. The minimum atomic E-state index is -0.265. The standard InChI is InChI=1S/C17H25N3O3/c1-23-11-17(7-3-2-4-8-17)10-18-16(22)13-9-14(21)20-15(19-13)12-5-6-12/h9,12H,2-8,10-11H2,1H3,(H,18,22)(H,19,20,21). The van der Waals surface area contributed by atoms with Crippen molar-refractivity contribution < 1.29 is 9.53 Å². The molecule has 2 aliphatic rings. The van der Waals surface area contributed by atoms with Crippen molar-refractivity contribution in [1.29, 1.82) is 0 Å². The molecule has 0 atom stereocenters. The van der Waals surface area contributed by atoms with Gasteiger partial charge in [-0.25, -0.2) is 4.98 Å². The fourth-order valence-electron chi connectivity index (χ4n) is 3.48. The third-order valence-corrected chi connectivity index (χ3v) is 4.95. The average Bonchev–Trinajstić information content (AvgIpc) is 3.38. The molecule has 1 aromatic rings.